The van der Waals surface area contributed by atoms with Crippen LogP contribution in [0, 0.1) is 0 Å². The Kier molecular flexibility index (Phi) is 4.16. The molecule has 0 atom stereocenters. The zero-order valence-electron chi connectivity index (χ0n) is 8.77. The van der Waals surface area contributed by atoms with Gasteiger partial charge >= 0.3 is 11.9 Å². The van der Waals surface area contributed by atoms with Crippen molar-refractivity contribution in [3.05, 3.63) is 27.7 Å². The number of halogens is 4. The number of benzene rings is 1. The molecular formula is C10H9Cl2F2NO2. The molecule has 0 heterocycles. The molecule has 0 spiro atoms. The second kappa shape index (κ2) is 5.06. The highest BCUT2D eigenvalue weighted by atomic mass is 35.5. The quantitative estimate of drug-likeness (QED) is 0.684. The zero-order valence-corrected chi connectivity index (χ0v) is 10.3. The molecule has 0 saturated heterocycles. The minimum absolute atomic E-state index is 0.103. The Balaban J connectivity index is 3.32. The number of hydrogen-bond acceptors (Lipinski definition) is 3. The van der Waals surface area contributed by atoms with Crippen LogP contribution < -0.4 is 5.73 Å². The van der Waals surface area contributed by atoms with Crippen LogP contribution in [-0.2, 0) is 15.5 Å². The minimum Gasteiger partial charge on any atom is -0.461 e. The van der Waals surface area contributed by atoms with Crippen LogP contribution in [0.3, 0.4) is 0 Å². The third-order valence-electron chi connectivity index (χ3n) is 1.99. The second-order valence-electron chi connectivity index (χ2n) is 3.11. The summed E-state index contributed by atoms with van der Waals surface area (Å²) in [6.07, 6.45) is 0. The fourth-order valence-electron chi connectivity index (χ4n) is 1.21. The van der Waals surface area contributed by atoms with E-state index >= 15 is 0 Å². The molecule has 0 aliphatic heterocycles. The van der Waals surface area contributed by atoms with Crippen molar-refractivity contribution in [3.8, 4) is 0 Å². The average Bonchev–Trinajstić information content (AvgIpc) is 2.24. The first kappa shape index (κ1) is 14.0. The Morgan fingerprint density at radius 1 is 1.41 bits per heavy atom. The Hall–Kier alpha value is -1.07. The Bertz CT molecular complexity index is 452. The van der Waals surface area contributed by atoms with E-state index in [0.29, 0.717) is 0 Å². The van der Waals surface area contributed by atoms with Gasteiger partial charge in [0.25, 0.3) is 0 Å². The lowest BCUT2D eigenvalue weighted by Crippen LogP contribution is -2.29. The molecule has 0 aliphatic carbocycles. The standard InChI is InChI=1S/C10H9Cl2F2NO2/c1-2-17-9(16)10(13,14)7-5(11)3-4-6(12)8(7)15/h3-4H,2,15H2,1H3. The second-order valence-corrected chi connectivity index (χ2v) is 3.93. The molecule has 3 nitrogen and oxygen atoms in total. The highest BCUT2D eigenvalue weighted by Crippen LogP contribution is 2.41. The van der Waals surface area contributed by atoms with E-state index in [4.69, 9.17) is 28.9 Å². The Morgan fingerprint density at radius 3 is 2.47 bits per heavy atom. The topological polar surface area (TPSA) is 52.3 Å². The van der Waals surface area contributed by atoms with Crippen molar-refractivity contribution in [2.75, 3.05) is 12.3 Å². The number of hydrogen-bond donors (Lipinski definition) is 1. The number of esters is 1. The van der Waals surface area contributed by atoms with Gasteiger partial charge in [-0.25, -0.2) is 4.79 Å². The molecular weight excluding hydrogens is 275 g/mol. The minimum atomic E-state index is -3.93. The van der Waals surface area contributed by atoms with E-state index in [1.165, 1.54) is 13.0 Å². The maximum atomic E-state index is 13.7. The summed E-state index contributed by atoms with van der Waals surface area (Å²) in [5, 5.41) is -0.446. The molecule has 0 unspecified atom stereocenters. The summed E-state index contributed by atoms with van der Waals surface area (Å²) in [7, 11) is 0. The summed E-state index contributed by atoms with van der Waals surface area (Å²) in [6, 6.07) is 2.41. The number of ether oxygens (including phenoxy) is 1. The largest absolute Gasteiger partial charge is 0.461 e. The van der Waals surface area contributed by atoms with E-state index in [-0.39, 0.29) is 16.7 Å². The number of anilines is 1. The monoisotopic (exact) mass is 283 g/mol. The van der Waals surface area contributed by atoms with Gasteiger partial charge in [0.05, 0.1) is 27.9 Å². The molecule has 0 amide bonds. The van der Waals surface area contributed by atoms with Crippen molar-refractivity contribution >= 4 is 34.9 Å². The molecule has 94 valence electrons. The van der Waals surface area contributed by atoms with Crippen LogP contribution in [0.1, 0.15) is 12.5 Å². The average molecular weight is 284 g/mol. The van der Waals surface area contributed by atoms with E-state index in [9.17, 15) is 13.6 Å². The molecule has 1 aromatic carbocycles. The van der Waals surface area contributed by atoms with Gasteiger partial charge in [-0.2, -0.15) is 8.78 Å². The molecule has 7 heteroatoms. The molecule has 0 aliphatic rings. The maximum absolute atomic E-state index is 13.7. The van der Waals surface area contributed by atoms with Gasteiger partial charge in [0.1, 0.15) is 0 Å². The molecule has 0 saturated carbocycles. The van der Waals surface area contributed by atoms with Crippen molar-refractivity contribution in [1.29, 1.82) is 0 Å². The molecule has 1 rings (SSSR count). The van der Waals surface area contributed by atoms with Crippen molar-refractivity contribution in [3.63, 3.8) is 0 Å². The lowest BCUT2D eigenvalue weighted by atomic mass is 10.1. The molecule has 0 aromatic heterocycles. The summed E-state index contributed by atoms with van der Waals surface area (Å²) < 4.78 is 31.7. The zero-order chi connectivity index (χ0) is 13.2. The first-order valence-electron chi connectivity index (χ1n) is 4.61. The van der Waals surface area contributed by atoms with Crippen molar-refractivity contribution in [2.24, 2.45) is 0 Å². The molecule has 0 radical (unpaired) electrons. The van der Waals surface area contributed by atoms with Gasteiger partial charge in [-0.1, -0.05) is 23.2 Å². The van der Waals surface area contributed by atoms with Crippen LogP contribution in [0.15, 0.2) is 12.1 Å². The lowest BCUT2D eigenvalue weighted by Gasteiger charge is -2.18. The highest BCUT2D eigenvalue weighted by molar-refractivity contribution is 6.36. The summed E-state index contributed by atoms with van der Waals surface area (Å²) in [6.45, 7) is 1.24. The molecule has 0 fully saturated rings. The molecule has 2 N–H and O–H groups in total. The Morgan fingerprint density at radius 2 is 1.94 bits per heavy atom. The third kappa shape index (κ3) is 2.61. The van der Waals surface area contributed by atoms with E-state index in [1.807, 2.05) is 0 Å². The number of carbonyl (C=O) groups is 1. The van der Waals surface area contributed by atoms with Gasteiger partial charge in [0.2, 0.25) is 0 Å². The van der Waals surface area contributed by atoms with Crippen LogP contribution in [0.4, 0.5) is 14.5 Å². The van der Waals surface area contributed by atoms with Gasteiger partial charge in [0, 0.05) is 0 Å². The number of alkyl halides is 2. The van der Waals surface area contributed by atoms with Crippen LogP contribution in [0.25, 0.3) is 0 Å². The fourth-order valence-corrected chi connectivity index (χ4v) is 1.65. The number of nitrogen functional groups attached to an aromatic ring is 1. The number of carbonyl (C=O) groups excluding carboxylic acids is 1. The highest BCUT2D eigenvalue weighted by Gasteiger charge is 2.46. The van der Waals surface area contributed by atoms with Crippen molar-refractivity contribution < 1.29 is 18.3 Å². The third-order valence-corrected chi connectivity index (χ3v) is 2.63. The van der Waals surface area contributed by atoms with E-state index in [0.717, 1.165) is 6.07 Å². The summed E-state index contributed by atoms with van der Waals surface area (Å²) >= 11 is 11.2. The van der Waals surface area contributed by atoms with E-state index < -0.39 is 23.1 Å². The van der Waals surface area contributed by atoms with E-state index in [2.05, 4.69) is 4.74 Å². The van der Waals surface area contributed by atoms with Gasteiger partial charge in [0.15, 0.2) is 0 Å². The van der Waals surface area contributed by atoms with E-state index in [1.54, 1.807) is 0 Å². The number of nitrogens with two attached hydrogens (primary N) is 1. The number of rotatable bonds is 3. The summed E-state index contributed by atoms with van der Waals surface area (Å²) in [4.78, 5) is 11.2. The van der Waals surface area contributed by atoms with Crippen molar-refractivity contribution in [1.82, 2.24) is 0 Å². The molecule has 17 heavy (non-hydrogen) atoms. The van der Waals surface area contributed by atoms with Crippen LogP contribution in [0.2, 0.25) is 10.0 Å². The maximum Gasteiger partial charge on any atom is 0.382 e. The SMILES string of the molecule is CCOC(=O)C(F)(F)c1c(Cl)ccc(Cl)c1N. The molecule has 0 bridgehead atoms. The first-order chi connectivity index (χ1) is 7.82. The fraction of sp³-hybridized carbons (Fsp3) is 0.300. The lowest BCUT2D eigenvalue weighted by molar-refractivity contribution is -0.172. The van der Waals surface area contributed by atoms with Crippen LogP contribution in [-0.4, -0.2) is 12.6 Å². The van der Waals surface area contributed by atoms with Crippen LogP contribution in [0.5, 0.6) is 0 Å². The molecule has 1 aromatic rings. The van der Waals surface area contributed by atoms with Gasteiger partial charge in [-0.05, 0) is 19.1 Å². The van der Waals surface area contributed by atoms with Gasteiger partial charge in [-0.3, -0.25) is 0 Å². The first-order valence-corrected chi connectivity index (χ1v) is 5.37. The van der Waals surface area contributed by atoms with Crippen LogP contribution >= 0.6 is 23.2 Å². The predicted molar refractivity (Wildman–Crippen MR) is 61.4 cm³/mol. The van der Waals surface area contributed by atoms with Gasteiger partial charge < -0.3 is 10.5 Å². The smallest absolute Gasteiger partial charge is 0.382 e. The summed E-state index contributed by atoms with van der Waals surface area (Å²) in [5.41, 5.74) is 4.14. The van der Waals surface area contributed by atoms with Gasteiger partial charge in [-0.15, -0.1) is 0 Å². The Labute approximate surface area is 106 Å². The normalized spacial score (nSPS) is 11.4. The van der Waals surface area contributed by atoms with Crippen molar-refractivity contribution in [2.45, 2.75) is 12.8 Å². The summed E-state index contributed by atoms with van der Waals surface area (Å²) in [5.74, 6) is -5.64. The predicted octanol–water partition coefficient (Wildman–Crippen LogP) is 3.23.